The first-order valence-electron chi connectivity index (χ1n) is 14.6. The molecule has 1 N–H and O–H groups in total. The first-order valence-corrected chi connectivity index (χ1v) is 15.8. The number of aromatic nitrogens is 2. The Morgan fingerprint density at radius 3 is 2.35 bits per heavy atom. The topological polar surface area (TPSA) is 64.0 Å². The van der Waals surface area contributed by atoms with Gasteiger partial charge in [0.05, 0.1) is 12.9 Å². The lowest BCUT2D eigenvalue weighted by atomic mass is 9.86. The molecule has 1 amide bonds. The normalized spacial score (nSPS) is 14.1. The van der Waals surface area contributed by atoms with Crippen molar-refractivity contribution in [1.82, 2.24) is 14.9 Å². The molecule has 222 valence electrons. The van der Waals surface area contributed by atoms with Gasteiger partial charge in [-0.05, 0) is 82.5 Å². The second-order valence-electron chi connectivity index (χ2n) is 11.0. The summed E-state index contributed by atoms with van der Waals surface area (Å²) in [5.74, 6) is -0.597. The molecule has 0 spiro atoms. The molecule has 1 fully saturated rings. The number of Topliss-reactive ketones (excluding diaryl/α,β-unsaturated/α-hetero) is 1. The third kappa shape index (κ3) is 8.08. The maximum atomic E-state index is 13.9. The molecule has 3 aromatic carbocycles. The number of allylic oxidation sites excluding steroid dienone is 1. The number of imidazole rings is 1. The zero-order valence-electron chi connectivity index (χ0n) is 24.2. The van der Waals surface area contributed by atoms with Crippen LogP contribution in [0.3, 0.4) is 0 Å². The van der Waals surface area contributed by atoms with E-state index in [4.69, 9.17) is 0 Å². The Balaban J connectivity index is 1.50. The number of thioether (sulfide) groups is 1. The molecule has 1 aromatic heterocycles. The number of hydrogen-bond acceptors (Lipinski definition) is 4. The highest BCUT2D eigenvalue weighted by Crippen LogP contribution is 2.34. The third-order valence-corrected chi connectivity index (χ3v) is 8.71. The molecule has 5 rings (SSSR count). The van der Waals surface area contributed by atoms with Gasteiger partial charge in [0.15, 0.2) is 5.78 Å². The molecule has 8 heteroatoms. The SMILES string of the molecule is CSc1cc(C(=O)NCC(=O)CC2CCCCC2)c(-c2ccc(F)cc2)cc1/C=C(/Cn1ccnc1)c1ccc(F)cc1. The Morgan fingerprint density at radius 1 is 1.00 bits per heavy atom. The second kappa shape index (κ2) is 14.4. The summed E-state index contributed by atoms with van der Waals surface area (Å²) in [5.41, 5.74) is 4.35. The highest BCUT2D eigenvalue weighted by Gasteiger charge is 2.20. The van der Waals surface area contributed by atoms with Gasteiger partial charge in [0.25, 0.3) is 5.91 Å². The van der Waals surface area contributed by atoms with E-state index in [1.165, 1.54) is 42.4 Å². The van der Waals surface area contributed by atoms with Gasteiger partial charge in [0.2, 0.25) is 0 Å². The van der Waals surface area contributed by atoms with Crippen molar-refractivity contribution in [3.8, 4) is 11.1 Å². The molecule has 0 bridgehead atoms. The lowest BCUT2D eigenvalue weighted by molar-refractivity contribution is -0.119. The largest absolute Gasteiger partial charge is 0.345 e. The van der Waals surface area contributed by atoms with E-state index in [0.29, 0.717) is 35.6 Å². The van der Waals surface area contributed by atoms with E-state index in [2.05, 4.69) is 10.3 Å². The lowest BCUT2D eigenvalue weighted by Gasteiger charge is -2.20. The summed E-state index contributed by atoms with van der Waals surface area (Å²) in [7, 11) is 0. The van der Waals surface area contributed by atoms with E-state index >= 15 is 0 Å². The van der Waals surface area contributed by atoms with Gasteiger partial charge in [-0.1, -0.05) is 56.4 Å². The first-order chi connectivity index (χ1) is 20.9. The molecule has 1 heterocycles. The van der Waals surface area contributed by atoms with E-state index in [0.717, 1.165) is 47.3 Å². The maximum absolute atomic E-state index is 13.9. The summed E-state index contributed by atoms with van der Waals surface area (Å²) in [5, 5.41) is 2.85. The minimum atomic E-state index is -0.372. The molecule has 1 aliphatic carbocycles. The number of amides is 1. The Morgan fingerprint density at radius 2 is 1.70 bits per heavy atom. The predicted octanol–water partition coefficient (Wildman–Crippen LogP) is 8.06. The van der Waals surface area contributed by atoms with E-state index in [1.807, 2.05) is 35.2 Å². The third-order valence-electron chi connectivity index (χ3n) is 7.91. The summed E-state index contributed by atoms with van der Waals surface area (Å²) >= 11 is 1.50. The number of carbonyl (C=O) groups excluding carboxylic acids is 2. The average Bonchev–Trinajstić information content (AvgIpc) is 3.54. The molecule has 43 heavy (non-hydrogen) atoms. The fourth-order valence-corrected chi connectivity index (χ4v) is 6.24. The van der Waals surface area contributed by atoms with Crippen LogP contribution in [0, 0.1) is 17.6 Å². The molecule has 0 unspecified atom stereocenters. The van der Waals surface area contributed by atoms with Crippen molar-refractivity contribution in [2.75, 3.05) is 12.8 Å². The summed E-state index contributed by atoms with van der Waals surface area (Å²) in [6.07, 6.45) is 15.4. The number of rotatable bonds is 11. The molecule has 1 aliphatic rings. The fourth-order valence-electron chi connectivity index (χ4n) is 5.65. The van der Waals surface area contributed by atoms with Gasteiger partial charge in [-0.3, -0.25) is 9.59 Å². The van der Waals surface area contributed by atoms with Crippen LogP contribution in [0.5, 0.6) is 0 Å². The number of benzene rings is 3. The van der Waals surface area contributed by atoms with E-state index in [-0.39, 0.29) is 29.9 Å². The van der Waals surface area contributed by atoms with E-state index < -0.39 is 0 Å². The van der Waals surface area contributed by atoms with Crippen molar-refractivity contribution in [2.45, 2.75) is 50.0 Å². The molecule has 4 aromatic rings. The molecule has 0 aliphatic heterocycles. The minimum Gasteiger partial charge on any atom is -0.345 e. The minimum absolute atomic E-state index is 0.0198. The molecule has 5 nitrogen and oxygen atoms in total. The van der Waals surface area contributed by atoms with Crippen molar-refractivity contribution in [3.63, 3.8) is 0 Å². The van der Waals surface area contributed by atoms with Crippen LogP contribution in [0.4, 0.5) is 8.78 Å². The van der Waals surface area contributed by atoms with Crippen molar-refractivity contribution < 1.29 is 18.4 Å². The number of carbonyl (C=O) groups is 2. The summed E-state index contributed by atoms with van der Waals surface area (Å²) in [4.78, 5) is 31.3. The zero-order valence-corrected chi connectivity index (χ0v) is 25.0. The van der Waals surface area contributed by atoms with Crippen LogP contribution in [-0.4, -0.2) is 34.0 Å². The standard InChI is InChI=1S/C35H35F2N3O2S/c1-43-34-20-33(35(42)39-21-31(41)17-24-5-3-2-4-6-24)32(26-9-13-30(37)14-10-26)19-27(34)18-28(22-40-16-15-38-23-40)25-7-11-29(36)12-8-25/h7-16,18-20,23-24H,2-6,17,21-22H2,1H3,(H,39,42)/b28-18-. The molecular weight excluding hydrogens is 564 g/mol. The second-order valence-corrected chi connectivity index (χ2v) is 11.8. The average molecular weight is 600 g/mol. The highest BCUT2D eigenvalue weighted by atomic mass is 32.2. The number of hydrogen-bond donors (Lipinski definition) is 1. The molecular formula is C35H35F2N3O2S. The quantitative estimate of drug-likeness (QED) is 0.140. The van der Waals surface area contributed by atoms with Crippen molar-refractivity contribution in [2.24, 2.45) is 5.92 Å². The Bertz CT molecular complexity index is 1580. The summed E-state index contributed by atoms with van der Waals surface area (Å²) in [6, 6.07) is 16.1. The lowest BCUT2D eigenvalue weighted by Crippen LogP contribution is -2.31. The molecule has 1 saturated carbocycles. The zero-order chi connectivity index (χ0) is 30.2. The summed E-state index contributed by atoms with van der Waals surface area (Å²) in [6.45, 7) is 0.477. The number of ketones is 1. The van der Waals surface area contributed by atoms with E-state index in [1.54, 1.807) is 36.8 Å². The maximum Gasteiger partial charge on any atom is 0.252 e. The Kier molecular flexibility index (Phi) is 10.2. The van der Waals surface area contributed by atoms with E-state index in [9.17, 15) is 18.4 Å². The first kappa shape index (κ1) is 30.4. The van der Waals surface area contributed by atoms with Crippen LogP contribution in [0.2, 0.25) is 0 Å². The van der Waals surface area contributed by atoms with Gasteiger partial charge in [-0.2, -0.15) is 0 Å². The fraction of sp³-hybridized carbons (Fsp3) is 0.286. The van der Waals surface area contributed by atoms with Crippen LogP contribution in [0.15, 0.2) is 84.3 Å². The Labute approximate surface area is 255 Å². The highest BCUT2D eigenvalue weighted by molar-refractivity contribution is 7.98. The van der Waals surface area contributed by atoms with Crippen molar-refractivity contribution in [3.05, 3.63) is 108 Å². The number of nitrogens with zero attached hydrogens (tertiary/aromatic N) is 2. The van der Waals surface area contributed by atoms with Crippen molar-refractivity contribution >= 4 is 35.1 Å². The molecule has 0 atom stereocenters. The van der Waals surface area contributed by atoms with Gasteiger partial charge in [-0.15, -0.1) is 11.8 Å². The van der Waals surface area contributed by atoms with Crippen molar-refractivity contribution in [1.29, 1.82) is 0 Å². The number of halogens is 2. The van der Waals surface area contributed by atoms with Gasteiger partial charge >= 0.3 is 0 Å². The van der Waals surface area contributed by atoms with Gasteiger partial charge in [0, 0.05) is 35.8 Å². The van der Waals surface area contributed by atoms with Crippen LogP contribution >= 0.6 is 11.8 Å². The van der Waals surface area contributed by atoms with Crippen LogP contribution in [0.1, 0.15) is 60.0 Å². The monoisotopic (exact) mass is 599 g/mol. The molecule has 0 saturated heterocycles. The Hall–Kier alpha value is -4.04. The van der Waals surface area contributed by atoms with Crippen LogP contribution < -0.4 is 5.32 Å². The van der Waals surface area contributed by atoms with Gasteiger partial charge in [-0.25, -0.2) is 13.8 Å². The predicted molar refractivity (Wildman–Crippen MR) is 169 cm³/mol. The van der Waals surface area contributed by atoms with Gasteiger partial charge < -0.3 is 9.88 Å². The summed E-state index contributed by atoms with van der Waals surface area (Å²) < 4.78 is 29.6. The van der Waals surface area contributed by atoms with Gasteiger partial charge in [0.1, 0.15) is 11.6 Å². The smallest absolute Gasteiger partial charge is 0.252 e. The molecule has 0 radical (unpaired) electrons. The van der Waals surface area contributed by atoms with Crippen LogP contribution in [0.25, 0.3) is 22.8 Å². The number of nitrogens with one attached hydrogen (secondary N) is 1. The van der Waals surface area contributed by atoms with Crippen LogP contribution in [-0.2, 0) is 11.3 Å².